The average molecular weight is 421 g/mol. The molecule has 7 heteroatoms. The molecule has 7 nitrogen and oxygen atoms in total. The molecule has 162 valence electrons. The Morgan fingerprint density at radius 1 is 0.935 bits per heavy atom. The lowest BCUT2D eigenvalue weighted by Gasteiger charge is -2.09. The third kappa shape index (κ3) is 5.78. The third-order valence-corrected chi connectivity index (χ3v) is 4.65. The number of amides is 1. The topological polar surface area (TPSA) is 94.3 Å². The number of Topliss-reactive ketones (excluding diaryl/α,β-unsaturated/α-hetero) is 1. The van der Waals surface area contributed by atoms with Gasteiger partial charge >= 0.3 is 0 Å². The van der Waals surface area contributed by atoms with Crippen LogP contribution in [0.3, 0.4) is 0 Å². The van der Waals surface area contributed by atoms with Crippen LogP contribution in [0, 0.1) is 5.92 Å². The van der Waals surface area contributed by atoms with Crippen LogP contribution in [0.2, 0.25) is 0 Å². The van der Waals surface area contributed by atoms with Gasteiger partial charge in [0.2, 0.25) is 11.8 Å². The van der Waals surface area contributed by atoms with Gasteiger partial charge in [-0.3, -0.25) is 9.59 Å². The molecule has 1 aromatic heterocycles. The maximum atomic E-state index is 12.2. The van der Waals surface area contributed by atoms with Gasteiger partial charge in [-0.2, -0.15) is 0 Å². The highest BCUT2D eigenvalue weighted by molar-refractivity contribution is 5.99. The lowest BCUT2D eigenvalue weighted by Crippen LogP contribution is -2.28. The monoisotopic (exact) mass is 421 g/mol. The number of carbonyl (C=O) groups is 2. The van der Waals surface area contributed by atoms with Gasteiger partial charge in [-0.15, -0.1) is 10.2 Å². The predicted molar refractivity (Wildman–Crippen MR) is 117 cm³/mol. The number of ketones is 1. The predicted octanol–water partition coefficient (Wildman–Crippen LogP) is 4.51. The molecule has 0 aliphatic heterocycles. The maximum absolute atomic E-state index is 12.2. The van der Waals surface area contributed by atoms with Crippen molar-refractivity contribution in [2.45, 2.75) is 33.6 Å². The molecular formula is C24H27N3O4. The summed E-state index contributed by atoms with van der Waals surface area (Å²) in [5.74, 6) is 1.72. The second-order valence-corrected chi connectivity index (χ2v) is 7.83. The number of nitrogens with one attached hydrogen (secondary N) is 1. The smallest absolute Gasteiger partial charge is 0.251 e. The Labute approximate surface area is 181 Å². The van der Waals surface area contributed by atoms with Gasteiger partial charge in [-0.05, 0) is 36.4 Å². The summed E-state index contributed by atoms with van der Waals surface area (Å²) in [6.07, 6.45) is 0. The molecule has 1 heterocycles. The van der Waals surface area contributed by atoms with Crippen LogP contribution in [0.5, 0.6) is 5.75 Å². The van der Waals surface area contributed by atoms with Gasteiger partial charge in [0.15, 0.2) is 5.78 Å². The number of ether oxygens (including phenoxy) is 1. The third-order valence-electron chi connectivity index (χ3n) is 4.65. The van der Waals surface area contributed by atoms with Crippen LogP contribution in [0.4, 0.5) is 0 Å². The van der Waals surface area contributed by atoms with E-state index in [2.05, 4.69) is 15.5 Å². The molecule has 31 heavy (non-hydrogen) atoms. The number of benzene rings is 2. The van der Waals surface area contributed by atoms with Gasteiger partial charge in [0, 0.05) is 28.5 Å². The first-order valence-corrected chi connectivity index (χ1v) is 10.3. The molecule has 0 fully saturated rings. The molecule has 0 unspecified atom stereocenters. The van der Waals surface area contributed by atoms with E-state index >= 15 is 0 Å². The Morgan fingerprint density at radius 2 is 1.58 bits per heavy atom. The first-order valence-electron chi connectivity index (χ1n) is 10.3. The van der Waals surface area contributed by atoms with E-state index in [9.17, 15) is 9.59 Å². The summed E-state index contributed by atoms with van der Waals surface area (Å²) in [4.78, 5) is 24.2. The molecule has 0 saturated carbocycles. The number of carbonyl (C=O) groups excluding carboxylic acids is 2. The van der Waals surface area contributed by atoms with Crippen molar-refractivity contribution in [3.63, 3.8) is 0 Å². The molecule has 0 aliphatic rings. The van der Waals surface area contributed by atoms with Crippen molar-refractivity contribution in [1.82, 2.24) is 15.5 Å². The van der Waals surface area contributed by atoms with Crippen molar-refractivity contribution in [3.8, 4) is 17.2 Å². The highest BCUT2D eigenvalue weighted by Crippen LogP contribution is 2.23. The van der Waals surface area contributed by atoms with Crippen molar-refractivity contribution in [2.75, 3.05) is 13.2 Å². The van der Waals surface area contributed by atoms with Crippen molar-refractivity contribution in [1.29, 1.82) is 0 Å². The van der Waals surface area contributed by atoms with E-state index in [0.717, 1.165) is 5.56 Å². The van der Waals surface area contributed by atoms with Gasteiger partial charge in [-0.1, -0.05) is 39.8 Å². The van der Waals surface area contributed by atoms with E-state index in [0.29, 0.717) is 41.8 Å². The van der Waals surface area contributed by atoms with Gasteiger partial charge < -0.3 is 14.5 Å². The fraction of sp³-hybridized carbons (Fsp3) is 0.333. The molecule has 3 aromatic rings. The highest BCUT2D eigenvalue weighted by Gasteiger charge is 2.13. The fourth-order valence-electron chi connectivity index (χ4n) is 2.83. The van der Waals surface area contributed by atoms with E-state index in [1.165, 1.54) is 0 Å². The molecule has 0 aliphatic carbocycles. The number of rotatable bonds is 9. The molecular weight excluding hydrogens is 394 g/mol. The molecule has 3 rings (SSSR count). The number of aromatic nitrogens is 2. The van der Waals surface area contributed by atoms with Gasteiger partial charge in [-0.25, -0.2) is 0 Å². The minimum atomic E-state index is -0.208. The summed E-state index contributed by atoms with van der Waals surface area (Å²) < 4.78 is 11.3. The lowest BCUT2D eigenvalue weighted by molar-refractivity contribution is 0.0931. The zero-order valence-electron chi connectivity index (χ0n) is 18.2. The Balaban J connectivity index is 1.46. The second-order valence-electron chi connectivity index (χ2n) is 7.83. The normalized spacial score (nSPS) is 11.0. The molecule has 0 radical (unpaired) electrons. The molecule has 0 spiro atoms. The summed E-state index contributed by atoms with van der Waals surface area (Å²) in [5.41, 5.74) is 1.93. The van der Waals surface area contributed by atoms with Crippen LogP contribution in [-0.4, -0.2) is 35.0 Å². The second kappa shape index (κ2) is 10.0. The Kier molecular flexibility index (Phi) is 7.18. The zero-order chi connectivity index (χ0) is 22.4. The molecule has 1 amide bonds. The minimum absolute atomic E-state index is 0.0610. The average Bonchev–Trinajstić information content (AvgIpc) is 3.27. The maximum Gasteiger partial charge on any atom is 0.251 e. The SMILES string of the molecule is CC(C)C(=O)c1ccc(C(=O)NCCOc2ccc(-c3nnc(C(C)C)o3)cc2)cc1. The van der Waals surface area contributed by atoms with Crippen molar-refractivity contribution < 1.29 is 18.7 Å². The summed E-state index contributed by atoms with van der Waals surface area (Å²) in [5, 5.41) is 10.9. The molecule has 2 aromatic carbocycles. The van der Waals surface area contributed by atoms with E-state index in [-0.39, 0.29) is 23.5 Å². The summed E-state index contributed by atoms with van der Waals surface area (Å²) in [6, 6.07) is 14.0. The van der Waals surface area contributed by atoms with Crippen LogP contribution < -0.4 is 10.1 Å². The van der Waals surface area contributed by atoms with Crippen molar-refractivity contribution >= 4 is 11.7 Å². The molecule has 0 bridgehead atoms. The van der Waals surface area contributed by atoms with Crippen LogP contribution >= 0.6 is 0 Å². The van der Waals surface area contributed by atoms with Crippen LogP contribution in [0.1, 0.15) is 60.2 Å². The van der Waals surface area contributed by atoms with Crippen LogP contribution in [0.15, 0.2) is 52.9 Å². The quantitative estimate of drug-likeness (QED) is 0.404. The highest BCUT2D eigenvalue weighted by atomic mass is 16.5. The van der Waals surface area contributed by atoms with Gasteiger partial charge in [0.05, 0.1) is 6.54 Å². The summed E-state index contributed by atoms with van der Waals surface area (Å²) in [7, 11) is 0. The Hall–Kier alpha value is -3.48. The Bertz CT molecular complexity index is 1020. The van der Waals surface area contributed by atoms with Gasteiger partial charge in [0.1, 0.15) is 12.4 Å². The lowest BCUT2D eigenvalue weighted by atomic mass is 10.00. The first kappa shape index (κ1) is 22.2. The zero-order valence-corrected chi connectivity index (χ0v) is 18.2. The van der Waals surface area contributed by atoms with E-state index in [1.807, 2.05) is 52.0 Å². The summed E-state index contributed by atoms with van der Waals surface area (Å²) >= 11 is 0. The summed E-state index contributed by atoms with van der Waals surface area (Å²) in [6.45, 7) is 8.38. The number of nitrogens with zero attached hydrogens (tertiary/aromatic N) is 2. The number of hydrogen-bond donors (Lipinski definition) is 1. The molecule has 1 N–H and O–H groups in total. The largest absolute Gasteiger partial charge is 0.492 e. The number of hydrogen-bond acceptors (Lipinski definition) is 6. The van der Waals surface area contributed by atoms with Gasteiger partial charge in [0.25, 0.3) is 5.91 Å². The van der Waals surface area contributed by atoms with Crippen molar-refractivity contribution in [3.05, 3.63) is 65.5 Å². The molecule has 0 atom stereocenters. The van der Waals surface area contributed by atoms with Crippen LogP contribution in [-0.2, 0) is 0 Å². The molecule has 0 saturated heterocycles. The van der Waals surface area contributed by atoms with E-state index in [1.54, 1.807) is 24.3 Å². The van der Waals surface area contributed by atoms with E-state index in [4.69, 9.17) is 9.15 Å². The Morgan fingerprint density at radius 3 is 2.16 bits per heavy atom. The minimum Gasteiger partial charge on any atom is -0.492 e. The fourth-order valence-corrected chi connectivity index (χ4v) is 2.83. The first-order chi connectivity index (χ1) is 14.8. The standard InChI is InChI=1S/C24H27N3O4/c1-15(2)21(28)17-5-7-18(8-6-17)22(29)25-13-14-30-20-11-9-19(10-12-20)24-27-26-23(31-24)16(3)4/h5-12,15-16H,13-14H2,1-4H3,(H,25,29). The van der Waals surface area contributed by atoms with E-state index < -0.39 is 0 Å². The van der Waals surface area contributed by atoms with Crippen LogP contribution in [0.25, 0.3) is 11.5 Å². The van der Waals surface area contributed by atoms with Crippen molar-refractivity contribution in [2.24, 2.45) is 5.92 Å².